The Hall–Kier alpha value is -2.63. The first-order valence-electron chi connectivity index (χ1n) is 8.17. The molecule has 0 radical (unpaired) electrons. The summed E-state index contributed by atoms with van der Waals surface area (Å²) >= 11 is 6.89. The highest BCUT2D eigenvalue weighted by molar-refractivity contribution is 7.77. The average Bonchev–Trinajstić information content (AvgIpc) is 3.22. The second-order valence-corrected chi connectivity index (χ2v) is 6.98. The van der Waals surface area contributed by atoms with E-state index in [1.54, 1.807) is 6.08 Å². The fraction of sp³-hybridized carbons (Fsp3) is 0.0952. The smallest absolute Gasteiger partial charge is 0.244 e. The van der Waals surface area contributed by atoms with Gasteiger partial charge in [-0.2, -0.15) is 4.57 Å². The normalized spacial score (nSPS) is 12.5. The summed E-state index contributed by atoms with van der Waals surface area (Å²) in [7, 11) is 0. The minimum atomic E-state index is -0.646. The van der Waals surface area contributed by atoms with Crippen molar-refractivity contribution in [2.45, 2.75) is 6.04 Å². The van der Waals surface area contributed by atoms with E-state index in [9.17, 15) is 4.79 Å². The van der Waals surface area contributed by atoms with Crippen LogP contribution in [0.4, 0.5) is 0 Å². The second kappa shape index (κ2) is 8.65. The molecule has 0 aliphatic carbocycles. The number of ketones is 1. The Labute approximate surface area is 162 Å². The lowest BCUT2D eigenvalue weighted by Gasteiger charge is -2.18. The van der Waals surface area contributed by atoms with Crippen molar-refractivity contribution in [3.8, 4) is 11.1 Å². The predicted octanol–water partition coefficient (Wildman–Crippen LogP) is 4.26. The van der Waals surface area contributed by atoms with Crippen LogP contribution in [-0.2, 0) is 12.6 Å². The van der Waals surface area contributed by atoms with E-state index in [-0.39, 0.29) is 5.78 Å². The van der Waals surface area contributed by atoms with E-state index < -0.39 is 6.04 Å². The maximum absolute atomic E-state index is 13.1. The Morgan fingerprint density at radius 3 is 2.62 bits per heavy atom. The first kappa shape index (κ1) is 18.2. The Kier molecular flexibility index (Phi) is 6.04. The van der Waals surface area contributed by atoms with Gasteiger partial charge in [0.1, 0.15) is 0 Å². The largest absolute Gasteiger partial charge is 0.758 e. The molecule has 0 fully saturated rings. The van der Waals surface area contributed by atoms with Crippen LogP contribution in [0.5, 0.6) is 0 Å². The van der Waals surface area contributed by atoms with Crippen LogP contribution in [0.3, 0.4) is 0 Å². The van der Waals surface area contributed by atoms with Crippen molar-refractivity contribution in [3.05, 3.63) is 89.9 Å². The zero-order valence-electron chi connectivity index (χ0n) is 14.1. The molecule has 3 nitrogen and oxygen atoms in total. The summed E-state index contributed by atoms with van der Waals surface area (Å²) in [4.78, 5) is 18.1. The minimum Gasteiger partial charge on any atom is -0.758 e. The molecule has 1 aromatic carbocycles. The van der Waals surface area contributed by atoms with Crippen LogP contribution in [0, 0.1) is 0 Å². The van der Waals surface area contributed by atoms with Crippen molar-refractivity contribution < 1.29 is 9.36 Å². The first-order valence-corrected chi connectivity index (χ1v) is 9.45. The molecule has 0 aliphatic heterocycles. The van der Waals surface area contributed by atoms with Gasteiger partial charge in [0.05, 0.1) is 11.4 Å². The van der Waals surface area contributed by atoms with Gasteiger partial charge in [0.2, 0.25) is 11.8 Å². The standard InChI is InChI=1S/C21H18N2OS2/c1-2-12-22-21(25)19(20(24)18-11-7-14-26-18)23-13-6-10-17(15-23)16-8-4-3-5-9-16/h2-11,13-15,19H,1,12H2. The first-order chi connectivity index (χ1) is 12.7. The van der Waals surface area contributed by atoms with Gasteiger partial charge >= 0.3 is 0 Å². The molecule has 3 aromatic rings. The number of aliphatic imine (C=N–C) groups is 1. The van der Waals surface area contributed by atoms with E-state index in [1.165, 1.54) is 11.3 Å². The molecule has 0 spiro atoms. The van der Waals surface area contributed by atoms with E-state index in [0.717, 1.165) is 11.1 Å². The Balaban J connectivity index is 2.04. The fourth-order valence-electron chi connectivity index (χ4n) is 2.62. The van der Waals surface area contributed by atoms with E-state index >= 15 is 0 Å². The molecule has 2 aromatic heterocycles. The number of hydrogen-bond donors (Lipinski definition) is 0. The van der Waals surface area contributed by atoms with Crippen molar-refractivity contribution >= 4 is 34.8 Å². The maximum atomic E-state index is 13.1. The summed E-state index contributed by atoms with van der Waals surface area (Å²) in [6, 6.07) is 17.0. The molecule has 1 unspecified atom stereocenters. The molecular weight excluding hydrogens is 360 g/mol. The van der Waals surface area contributed by atoms with Crippen LogP contribution < -0.4 is 4.57 Å². The topological polar surface area (TPSA) is 33.3 Å². The maximum Gasteiger partial charge on any atom is 0.244 e. The minimum absolute atomic E-state index is 0.0481. The summed E-state index contributed by atoms with van der Waals surface area (Å²) in [5.41, 5.74) is 2.10. The molecule has 0 saturated carbocycles. The van der Waals surface area contributed by atoms with Crippen molar-refractivity contribution in [2.75, 3.05) is 6.54 Å². The monoisotopic (exact) mass is 378 g/mol. The third kappa shape index (κ3) is 4.12. The number of aromatic nitrogens is 1. The molecule has 3 rings (SSSR count). The highest BCUT2D eigenvalue weighted by Gasteiger charge is 2.29. The Bertz CT molecular complexity index is 918. The van der Waals surface area contributed by atoms with Crippen LogP contribution in [0.1, 0.15) is 15.7 Å². The highest BCUT2D eigenvalue weighted by atomic mass is 32.1. The number of rotatable bonds is 7. The Morgan fingerprint density at radius 1 is 1.15 bits per heavy atom. The molecule has 0 saturated heterocycles. The summed E-state index contributed by atoms with van der Waals surface area (Å²) in [6.07, 6.45) is 5.48. The summed E-state index contributed by atoms with van der Waals surface area (Å²) < 4.78 is 1.85. The summed E-state index contributed by atoms with van der Waals surface area (Å²) in [5, 5.41) is 2.25. The van der Waals surface area contributed by atoms with E-state index in [2.05, 4.69) is 11.6 Å². The SMILES string of the molecule is C=CCN=C([S-])C(C(=O)c1cccs1)[n+]1cccc(-c2ccccc2)c1. The molecule has 0 N–H and O–H groups in total. The van der Waals surface area contributed by atoms with Gasteiger partial charge in [0.25, 0.3) is 0 Å². The van der Waals surface area contributed by atoms with Crippen molar-refractivity contribution in [2.24, 2.45) is 4.99 Å². The van der Waals surface area contributed by atoms with Gasteiger partial charge in [-0.25, -0.2) is 0 Å². The van der Waals surface area contributed by atoms with Gasteiger partial charge in [0.15, 0.2) is 12.4 Å². The van der Waals surface area contributed by atoms with Crippen LogP contribution in [0.15, 0.2) is 90.0 Å². The molecule has 0 amide bonds. The number of Topliss-reactive ketones (excluding diaryl/α,β-unsaturated/α-hetero) is 1. The Morgan fingerprint density at radius 2 is 1.92 bits per heavy atom. The number of carbonyl (C=O) groups excluding carboxylic acids is 1. The molecule has 5 heteroatoms. The number of nitrogens with zero attached hydrogens (tertiary/aromatic N) is 2. The van der Waals surface area contributed by atoms with Gasteiger partial charge in [-0.3, -0.25) is 4.79 Å². The third-order valence-corrected chi connectivity index (χ3v) is 5.09. The molecule has 130 valence electrons. The molecule has 0 aliphatic rings. The van der Waals surface area contributed by atoms with Gasteiger partial charge < -0.3 is 17.6 Å². The van der Waals surface area contributed by atoms with Crippen molar-refractivity contribution in [1.29, 1.82) is 0 Å². The lowest BCUT2D eigenvalue weighted by atomic mass is 10.1. The molecular formula is C21H18N2OS2. The van der Waals surface area contributed by atoms with Crippen LogP contribution >= 0.6 is 11.3 Å². The second-order valence-electron chi connectivity index (χ2n) is 5.62. The van der Waals surface area contributed by atoms with Gasteiger partial charge in [0, 0.05) is 11.6 Å². The number of hydrogen-bond acceptors (Lipinski definition) is 4. The zero-order valence-corrected chi connectivity index (χ0v) is 15.7. The van der Waals surface area contributed by atoms with Gasteiger partial charge in [-0.15, -0.1) is 17.9 Å². The molecule has 1 atom stereocenters. The summed E-state index contributed by atoms with van der Waals surface area (Å²) in [6.45, 7) is 4.07. The van der Waals surface area contributed by atoms with Gasteiger partial charge in [-0.05, 0) is 28.1 Å². The van der Waals surface area contributed by atoms with E-state index in [0.29, 0.717) is 16.5 Å². The van der Waals surface area contributed by atoms with E-state index in [4.69, 9.17) is 12.6 Å². The molecule has 2 heterocycles. The lowest BCUT2D eigenvalue weighted by Crippen LogP contribution is -2.47. The van der Waals surface area contributed by atoms with Crippen LogP contribution in [0.2, 0.25) is 0 Å². The van der Waals surface area contributed by atoms with E-state index in [1.807, 2.05) is 76.9 Å². The molecule has 0 bridgehead atoms. The predicted molar refractivity (Wildman–Crippen MR) is 110 cm³/mol. The summed E-state index contributed by atoms with van der Waals surface area (Å²) in [5.74, 6) is -0.0481. The molecule has 26 heavy (non-hydrogen) atoms. The van der Waals surface area contributed by atoms with Gasteiger partial charge in [-0.1, -0.05) is 42.5 Å². The number of benzene rings is 1. The average molecular weight is 379 g/mol. The zero-order chi connectivity index (χ0) is 18.4. The van der Waals surface area contributed by atoms with Crippen LogP contribution in [0.25, 0.3) is 11.1 Å². The third-order valence-electron chi connectivity index (χ3n) is 3.85. The number of carbonyl (C=O) groups is 1. The lowest BCUT2D eigenvalue weighted by molar-refractivity contribution is -0.691. The van der Waals surface area contributed by atoms with Crippen molar-refractivity contribution in [3.63, 3.8) is 0 Å². The fourth-order valence-corrected chi connectivity index (χ4v) is 3.62. The highest BCUT2D eigenvalue weighted by Crippen LogP contribution is 2.20. The van der Waals surface area contributed by atoms with Crippen LogP contribution in [-0.4, -0.2) is 17.4 Å². The van der Waals surface area contributed by atoms with Crippen molar-refractivity contribution in [1.82, 2.24) is 0 Å². The number of thiophene rings is 1. The quantitative estimate of drug-likeness (QED) is 0.154. The number of pyridine rings is 1.